The number of aromatic nitrogens is 5. The summed E-state index contributed by atoms with van der Waals surface area (Å²) in [5.41, 5.74) is 0.955. The lowest BCUT2D eigenvalue weighted by atomic mass is 10.2. The molecule has 2 aromatic heterocycles. The highest BCUT2D eigenvalue weighted by molar-refractivity contribution is 7.98. The fraction of sp³-hybridized carbons (Fsp3) is 0.462. The molecule has 0 radical (unpaired) electrons. The van der Waals surface area contributed by atoms with E-state index in [1.54, 1.807) is 6.07 Å². The fourth-order valence-electron chi connectivity index (χ4n) is 2.49. The first kappa shape index (κ1) is 14.0. The lowest BCUT2D eigenvalue weighted by Crippen LogP contribution is -2.08. The van der Waals surface area contributed by atoms with Gasteiger partial charge in [-0.2, -0.15) is 0 Å². The molecular weight excluding hydrogens is 290 g/mol. The SMILES string of the molecule is O=C(O)c1cc(CSc2nnnn2C2CCCC2)ccn1. The predicted octanol–water partition coefficient (Wildman–Crippen LogP) is 2.17. The Kier molecular flexibility index (Phi) is 4.14. The van der Waals surface area contributed by atoms with E-state index in [1.165, 1.54) is 30.8 Å². The van der Waals surface area contributed by atoms with E-state index in [-0.39, 0.29) is 5.69 Å². The van der Waals surface area contributed by atoms with Crippen molar-refractivity contribution in [1.82, 2.24) is 25.2 Å². The first-order valence-corrected chi connectivity index (χ1v) is 7.81. The molecule has 1 aliphatic rings. The second kappa shape index (κ2) is 6.21. The predicted molar refractivity (Wildman–Crippen MR) is 76.1 cm³/mol. The highest BCUT2D eigenvalue weighted by Gasteiger charge is 2.21. The van der Waals surface area contributed by atoms with E-state index in [1.807, 2.05) is 10.7 Å². The normalized spacial score (nSPS) is 15.4. The van der Waals surface area contributed by atoms with Crippen molar-refractivity contribution in [2.24, 2.45) is 0 Å². The summed E-state index contributed by atoms with van der Waals surface area (Å²) in [5, 5.41) is 21.6. The van der Waals surface area contributed by atoms with Crippen molar-refractivity contribution in [3.05, 3.63) is 29.6 Å². The van der Waals surface area contributed by atoms with Crippen LogP contribution < -0.4 is 0 Å². The van der Waals surface area contributed by atoms with Crippen LogP contribution in [0.15, 0.2) is 23.5 Å². The number of hydrogen-bond donors (Lipinski definition) is 1. The topological polar surface area (TPSA) is 93.8 Å². The number of tetrazole rings is 1. The molecular formula is C13H15N5O2S. The van der Waals surface area contributed by atoms with E-state index in [9.17, 15) is 4.79 Å². The number of pyridine rings is 1. The summed E-state index contributed by atoms with van der Waals surface area (Å²) in [7, 11) is 0. The van der Waals surface area contributed by atoms with Crippen molar-refractivity contribution in [3.8, 4) is 0 Å². The third-order valence-corrected chi connectivity index (χ3v) is 4.55. The Morgan fingerprint density at radius 1 is 1.43 bits per heavy atom. The second-order valence-electron chi connectivity index (χ2n) is 4.99. The van der Waals surface area contributed by atoms with Crippen LogP contribution in [0.25, 0.3) is 0 Å². The monoisotopic (exact) mass is 305 g/mol. The van der Waals surface area contributed by atoms with Crippen molar-refractivity contribution in [2.75, 3.05) is 0 Å². The van der Waals surface area contributed by atoms with Gasteiger partial charge in [0.2, 0.25) is 5.16 Å². The van der Waals surface area contributed by atoms with Crippen LogP contribution in [0.2, 0.25) is 0 Å². The molecule has 0 aliphatic heterocycles. The van der Waals surface area contributed by atoms with Gasteiger partial charge in [0.15, 0.2) is 0 Å². The van der Waals surface area contributed by atoms with Crippen LogP contribution in [-0.2, 0) is 5.75 Å². The van der Waals surface area contributed by atoms with Gasteiger partial charge in [0.1, 0.15) is 5.69 Å². The average molecular weight is 305 g/mol. The van der Waals surface area contributed by atoms with Crippen molar-refractivity contribution in [3.63, 3.8) is 0 Å². The van der Waals surface area contributed by atoms with Gasteiger partial charge in [0.25, 0.3) is 0 Å². The summed E-state index contributed by atoms with van der Waals surface area (Å²) in [4.78, 5) is 14.7. The van der Waals surface area contributed by atoms with Gasteiger partial charge in [-0.25, -0.2) is 14.5 Å². The number of carbonyl (C=O) groups is 1. The number of thioether (sulfide) groups is 1. The Balaban J connectivity index is 1.69. The van der Waals surface area contributed by atoms with Gasteiger partial charge in [-0.1, -0.05) is 24.6 Å². The van der Waals surface area contributed by atoms with Crippen molar-refractivity contribution in [1.29, 1.82) is 0 Å². The quantitative estimate of drug-likeness (QED) is 0.846. The van der Waals surface area contributed by atoms with Gasteiger partial charge < -0.3 is 5.11 Å². The van der Waals surface area contributed by atoms with Crippen LogP contribution in [0.4, 0.5) is 0 Å². The summed E-state index contributed by atoms with van der Waals surface area (Å²) in [6, 6.07) is 3.79. The summed E-state index contributed by atoms with van der Waals surface area (Å²) in [6.45, 7) is 0. The molecule has 2 aromatic rings. The number of carboxylic acid groups (broad SMARTS) is 1. The molecule has 1 N–H and O–H groups in total. The summed E-state index contributed by atoms with van der Waals surface area (Å²) in [5.74, 6) is -0.395. The lowest BCUT2D eigenvalue weighted by molar-refractivity contribution is 0.0690. The summed E-state index contributed by atoms with van der Waals surface area (Å²) < 4.78 is 1.90. The molecule has 0 saturated heterocycles. The van der Waals surface area contributed by atoms with Crippen LogP contribution in [-0.4, -0.2) is 36.3 Å². The molecule has 110 valence electrons. The number of nitrogens with zero attached hydrogens (tertiary/aromatic N) is 5. The Bertz CT molecular complexity index is 639. The molecule has 21 heavy (non-hydrogen) atoms. The van der Waals surface area contributed by atoms with Gasteiger partial charge in [0.05, 0.1) is 6.04 Å². The Morgan fingerprint density at radius 2 is 2.24 bits per heavy atom. The molecule has 2 heterocycles. The molecule has 3 rings (SSSR count). The van der Waals surface area contributed by atoms with Gasteiger partial charge in [0, 0.05) is 11.9 Å². The Morgan fingerprint density at radius 3 is 3.00 bits per heavy atom. The molecule has 7 nitrogen and oxygen atoms in total. The van der Waals surface area contributed by atoms with Crippen molar-refractivity contribution >= 4 is 17.7 Å². The fourth-order valence-corrected chi connectivity index (χ4v) is 3.37. The summed E-state index contributed by atoms with van der Waals surface area (Å²) >= 11 is 1.52. The van der Waals surface area contributed by atoms with E-state index in [0.717, 1.165) is 23.6 Å². The number of hydrogen-bond acceptors (Lipinski definition) is 6. The molecule has 0 unspecified atom stereocenters. The minimum absolute atomic E-state index is 0.0588. The molecule has 8 heteroatoms. The van der Waals surface area contributed by atoms with Gasteiger partial charge in [-0.3, -0.25) is 0 Å². The average Bonchev–Trinajstić information content (AvgIpc) is 3.16. The third-order valence-electron chi connectivity index (χ3n) is 3.54. The number of rotatable bonds is 5. The highest BCUT2D eigenvalue weighted by Crippen LogP contribution is 2.32. The van der Waals surface area contributed by atoms with Crippen LogP contribution in [0, 0.1) is 0 Å². The first-order valence-electron chi connectivity index (χ1n) is 6.83. The summed E-state index contributed by atoms with van der Waals surface area (Å²) in [6.07, 6.45) is 6.20. The van der Waals surface area contributed by atoms with E-state index in [4.69, 9.17) is 5.11 Å². The molecule has 0 atom stereocenters. The standard InChI is InChI=1S/C13H15N5O2S/c19-12(20)11-7-9(5-6-14-11)8-21-13-15-16-17-18(13)10-3-1-2-4-10/h5-7,10H,1-4,8H2,(H,19,20). The van der Waals surface area contributed by atoms with Crippen LogP contribution in [0.3, 0.4) is 0 Å². The minimum Gasteiger partial charge on any atom is -0.477 e. The smallest absolute Gasteiger partial charge is 0.354 e. The maximum atomic E-state index is 10.9. The van der Waals surface area contributed by atoms with Crippen LogP contribution >= 0.6 is 11.8 Å². The van der Waals surface area contributed by atoms with Crippen molar-refractivity contribution in [2.45, 2.75) is 42.6 Å². The molecule has 0 aromatic carbocycles. The van der Waals surface area contributed by atoms with E-state index >= 15 is 0 Å². The molecule has 0 amide bonds. The van der Waals surface area contributed by atoms with E-state index in [0.29, 0.717) is 11.8 Å². The largest absolute Gasteiger partial charge is 0.477 e. The van der Waals surface area contributed by atoms with Crippen molar-refractivity contribution < 1.29 is 9.90 Å². The van der Waals surface area contributed by atoms with Gasteiger partial charge in [-0.05, 0) is 41.0 Å². The Hall–Kier alpha value is -1.96. The zero-order valence-electron chi connectivity index (χ0n) is 11.3. The van der Waals surface area contributed by atoms with Crippen LogP contribution in [0.5, 0.6) is 0 Å². The molecule has 1 fully saturated rings. The zero-order valence-corrected chi connectivity index (χ0v) is 12.2. The molecule has 1 saturated carbocycles. The highest BCUT2D eigenvalue weighted by atomic mass is 32.2. The minimum atomic E-state index is -1.02. The van der Waals surface area contributed by atoms with Crippen LogP contribution in [0.1, 0.15) is 47.8 Å². The number of aromatic carboxylic acids is 1. The van der Waals surface area contributed by atoms with Gasteiger partial charge in [-0.15, -0.1) is 5.10 Å². The maximum absolute atomic E-state index is 10.9. The third kappa shape index (κ3) is 3.21. The zero-order chi connectivity index (χ0) is 14.7. The van der Waals surface area contributed by atoms with E-state index in [2.05, 4.69) is 20.5 Å². The lowest BCUT2D eigenvalue weighted by Gasteiger charge is -2.10. The maximum Gasteiger partial charge on any atom is 0.354 e. The number of carboxylic acids is 1. The first-order chi connectivity index (χ1) is 10.2. The van der Waals surface area contributed by atoms with E-state index < -0.39 is 5.97 Å². The van der Waals surface area contributed by atoms with Gasteiger partial charge >= 0.3 is 5.97 Å². The Labute approximate surface area is 125 Å². The molecule has 0 spiro atoms. The molecule has 1 aliphatic carbocycles. The second-order valence-corrected chi connectivity index (χ2v) is 5.93. The molecule has 0 bridgehead atoms.